The van der Waals surface area contributed by atoms with E-state index < -0.39 is 4.92 Å². The van der Waals surface area contributed by atoms with E-state index >= 15 is 0 Å². The predicted octanol–water partition coefficient (Wildman–Crippen LogP) is 8.49. The number of azo groups is 1. The van der Waals surface area contributed by atoms with E-state index in [9.17, 15) is 15.2 Å². The number of phenols is 1. The maximum atomic E-state index is 11.4. The van der Waals surface area contributed by atoms with Crippen LogP contribution in [-0.2, 0) is 0 Å². The van der Waals surface area contributed by atoms with Crippen molar-refractivity contribution in [2.75, 3.05) is 0 Å². The molecule has 0 atom stereocenters. The van der Waals surface area contributed by atoms with Gasteiger partial charge in [-0.3, -0.25) is 10.1 Å². The van der Waals surface area contributed by atoms with Crippen molar-refractivity contribution in [3.63, 3.8) is 0 Å². The van der Waals surface area contributed by atoms with Gasteiger partial charge in [0.1, 0.15) is 16.7 Å². The Kier molecular flexibility index (Phi) is 5.31. The van der Waals surface area contributed by atoms with Gasteiger partial charge in [0, 0.05) is 23.1 Å². The Hall–Kier alpha value is -5.90. The molecule has 0 saturated heterocycles. The summed E-state index contributed by atoms with van der Waals surface area (Å²) in [5.41, 5.74) is 4.22. The van der Waals surface area contributed by atoms with Crippen molar-refractivity contribution < 1.29 is 18.9 Å². The standard InChI is InChI=1S/C30H17N5O5/c36-28-22(30-32-24-6-2-4-8-26(24)40-30)16-18-15-17(29-31-23-5-1-3-7-25(23)39-29)9-14-21(18)27(28)34-33-19-10-12-20(13-11-19)35(37)38/h1-16,36H. The minimum atomic E-state index is -0.488. The molecule has 40 heavy (non-hydrogen) atoms. The summed E-state index contributed by atoms with van der Waals surface area (Å²) in [5, 5.41) is 32.3. The fourth-order valence-corrected chi connectivity index (χ4v) is 4.51. The number of para-hydroxylation sites is 4. The number of hydrogen-bond acceptors (Lipinski definition) is 9. The number of rotatable bonds is 5. The van der Waals surface area contributed by atoms with E-state index in [1.807, 2.05) is 54.6 Å². The Morgan fingerprint density at radius 3 is 2.08 bits per heavy atom. The molecule has 1 N–H and O–H groups in total. The lowest BCUT2D eigenvalue weighted by atomic mass is 10.0. The van der Waals surface area contributed by atoms with Crippen molar-refractivity contribution in [2.24, 2.45) is 10.2 Å². The van der Waals surface area contributed by atoms with Crippen molar-refractivity contribution in [3.8, 4) is 28.7 Å². The number of aromatic hydroxyl groups is 1. The molecule has 0 saturated carbocycles. The smallest absolute Gasteiger partial charge is 0.269 e. The van der Waals surface area contributed by atoms with Gasteiger partial charge >= 0.3 is 0 Å². The molecule has 0 unspecified atom stereocenters. The van der Waals surface area contributed by atoms with Crippen LogP contribution in [0.4, 0.5) is 17.1 Å². The topological polar surface area (TPSA) is 140 Å². The van der Waals surface area contributed by atoms with Crippen LogP contribution in [0.5, 0.6) is 5.75 Å². The molecule has 7 aromatic rings. The molecule has 0 aliphatic heterocycles. The summed E-state index contributed by atoms with van der Waals surface area (Å²) in [7, 11) is 0. The zero-order chi connectivity index (χ0) is 27.2. The minimum Gasteiger partial charge on any atom is -0.505 e. The average molecular weight is 527 g/mol. The van der Waals surface area contributed by atoms with Gasteiger partial charge in [0.25, 0.3) is 5.69 Å². The molecule has 10 heteroatoms. The number of nitro benzene ring substituents is 1. The molecule has 5 aromatic carbocycles. The van der Waals surface area contributed by atoms with Gasteiger partial charge < -0.3 is 13.9 Å². The van der Waals surface area contributed by atoms with Gasteiger partial charge in [0.05, 0.1) is 16.2 Å². The van der Waals surface area contributed by atoms with Crippen molar-refractivity contribution in [1.29, 1.82) is 0 Å². The van der Waals surface area contributed by atoms with Gasteiger partial charge in [0.15, 0.2) is 16.9 Å². The van der Waals surface area contributed by atoms with E-state index in [0.29, 0.717) is 44.6 Å². The zero-order valence-electron chi connectivity index (χ0n) is 20.6. The van der Waals surface area contributed by atoms with Crippen LogP contribution in [-0.4, -0.2) is 20.0 Å². The monoisotopic (exact) mass is 527 g/mol. The molecule has 2 aromatic heterocycles. The third-order valence-corrected chi connectivity index (χ3v) is 6.48. The first kappa shape index (κ1) is 23.2. The fraction of sp³-hybridized carbons (Fsp3) is 0. The molecule has 0 radical (unpaired) electrons. The van der Waals surface area contributed by atoms with Crippen LogP contribution in [0.3, 0.4) is 0 Å². The Balaban J connectivity index is 1.40. The lowest BCUT2D eigenvalue weighted by Crippen LogP contribution is -1.86. The average Bonchev–Trinajstić information content (AvgIpc) is 3.61. The highest BCUT2D eigenvalue weighted by atomic mass is 16.6. The Morgan fingerprint density at radius 1 is 0.750 bits per heavy atom. The van der Waals surface area contributed by atoms with Crippen molar-refractivity contribution in [3.05, 3.63) is 107 Å². The van der Waals surface area contributed by atoms with Crippen LogP contribution in [0.25, 0.3) is 55.9 Å². The molecule has 7 rings (SSSR count). The lowest BCUT2D eigenvalue weighted by Gasteiger charge is -2.09. The van der Waals surface area contributed by atoms with E-state index in [1.54, 1.807) is 18.2 Å². The van der Waals surface area contributed by atoms with Crippen LogP contribution in [0.1, 0.15) is 0 Å². The molecule has 0 bridgehead atoms. The number of benzene rings is 5. The van der Waals surface area contributed by atoms with Gasteiger partial charge in [0.2, 0.25) is 11.8 Å². The number of oxazole rings is 2. The van der Waals surface area contributed by atoms with Crippen LogP contribution in [0.2, 0.25) is 0 Å². The Labute approximate surface area is 225 Å². The summed E-state index contributed by atoms with van der Waals surface area (Å²) in [6.45, 7) is 0. The van der Waals surface area contributed by atoms with Crippen LogP contribution in [0.15, 0.2) is 116 Å². The maximum Gasteiger partial charge on any atom is 0.269 e. The molecular weight excluding hydrogens is 510 g/mol. The van der Waals surface area contributed by atoms with Crippen LogP contribution >= 0.6 is 0 Å². The van der Waals surface area contributed by atoms with E-state index in [1.165, 1.54) is 24.3 Å². The molecule has 192 valence electrons. The summed E-state index contributed by atoms with van der Waals surface area (Å²) in [6.07, 6.45) is 0. The van der Waals surface area contributed by atoms with Gasteiger partial charge in [-0.15, -0.1) is 5.11 Å². The fourth-order valence-electron chi connectivity index (χ4n) is 4.51. The van der Waals surface area contributed by atoms with Crippen molar-refractivity contribution in [1.82, 2.24) is 9.97 Å². The van der Waals surface area contributed by atoms with Gasteiger partial charge in [-0.1, -0.05) is 30.3 Å². The highest BCUT2D eigenvalue weighted by Gasteiger charge is 2.20. The second kappa shape index (κ2) is 9.14. The molecule has 0 aliphatic carbocycles. The number of phenolic OH excluding ortho intramolecular Hbond substituents is 1. The number of aromatic nitrogens is 2. The van der Waals surface area contributed by atoms with Gasteiger partial charge in [-0.2, -0.15) is 5.11 Å². The predicted molar refractivity (Wildman–Crippen MR) is 149 cm³/mol. The third kappa shape index (κ3) is 4.00. The second-order valence-corrected chi connectivity index (χ2v) is 9.00. The Bertz CT molecular complexity index is 2050. The molecule has 0 fully saturated rings. The maximum absolute atomic E-state index is 11.4. The highest BCUT2D eigenvalue weighted by Crippen LogP contribution is 2.45. The van der Waals surface area contributed by atoms with Crippen molar-refractivity contribution >= 4 is 50.0 Å². The summed E-state index contributed by atoms with van der Waals surface area (Å²) < 4.78 is 11.9. The molecule has 0 aliphatic rings. The number of nitro groups is 1. The first-order valence-electron chi connectivity index (χ1n) is 12.2. The third-order valence-electron chi connectivity index (χ3n) is 6.48. The first-order chi connectivity index (χ1) is 19.5. The minimum absolute atomic E-state index is 0.0584. The summed E-state index contributed by atoms with van der Waals surface area (Å²) >= 11 is 0. The molecule has 0 amide bonds. The van der Waals surface area contributed by atoms with Crippen LogP contribution in [0, 0.1) is 10.1 Å². The van der Waals surface area contributed by atoms with E-state index in [2.05, 4.69) is 20.2 Å². The summed E-state index contributed by atoms with van der Waals surface area (Å²) in [6, 6.07) is 27.8. The summed E-state index contributed by atoms with van der Waals surface area (Å²) in [4.78, 5) is 19.7. The van der Waals surface area contributed by atoms with Crippen molar-refractivity contribution in [2.45, 2.75) is 0 Å². The Morgan fingerprint density at radius 2 is 1.40 bits per heavy atom. The second-order valence-electron chi connectivity index (χ2n) is 9.00. The van der Waals surface area contributed by atoms with Gasteiger partial charge in [-0.25, -0.2) is 9.97 Å². The number of fused-ring (bicyclic) bond motifs is 3. The summed E-state index contributed by atoms with van der Waals surface area (Å²) in [5.74, 6) is 0.507. The van der Waals surface area contributed by atoms with E-state index in [0.717, 1.165) is 11.1 Å². The molecular formula is C30H17N5O5. The molecule has 2 heterocycles. The largest absolute Gasteiger partial charge is 0.505 e. The molecule has 0 spiro atoms. The number of nitrogens with zero attached hydrogens (tertiary/aromatic N) is 5. The van der Waals surface area contributed by atoms with Crippen LogP contribution < -0.4 is 0 Å². The normalized spacial score (nSPS) is 11.7. The lowest BCUT2D eigenvalue weighted by molar-refractivity contribution is -0.384. The SMILES string of the molecule is O=[N+]([O-])c1ccc(N=Nc2c(O)c(-c3nc4ccccc4o3)cc3cc(-c4nc5ccccc5o4)ccc23)cc1. The van der Waals surface area contributed by atoms with E-state index in [-0.39, 0.29) is 23.0 Å². The van der Waals surface area contributed by atoms with Gasteiger partial charge in [-0.05, 0) is 60.0 Å². The molecule has 10 nitrogen and oxygen atoms in total. The highest BCUT2D eigenvalue weighted by molar-refractivity contribution is 6.02. The quantitative estimate of drug-likeness (QED) is 0.134. The zero-order valence-corrected chi connectivity index (χ0v) is 20.6. The number of non-ortho nitro benzene ring substituents is 1. The first-order valence-corrected chi connectivity index (χ1v) is 12.2. The van der Waals surface area contributed by atoms with E-state index in [4.69, 9.17) is 8.83 Å². The number of hydrogen-bond donors (Lipinski definition) is 1.